The normalized spacial score (nSPS) is 12.5. The van der Waals surface area contributed by atoms with Gasteiger partial charge in [0.1, 0.15) is 21.0 Å². The van der Waals surface area contributed by atoms with E-state index in [0.29, 0.717) is 37.3 Å². The van der Waals surface area contributed by atoms with Crippen LogP contribution in [0.4, 0.5) is 0 Å². The summed E-state index contributed by atoms with van der Waals surface area (Å²) in [6.45, 7) is 5.67. The molecular weight excluding hydrogens is 398 g/mol. The number of benzene rings is 1. The number of hydrogen-bond acceptors (Lipinski definition) is 8. The number of aryl methyl sites for hydroxylation is 1. The standard InChI is InChI=1S/C19H17N3O4S2/c1-4-25-18(24)14-9(2)13-16(23)21-15(22-17(13)28-14)10(3)27-19-20-11-7-5-6-8-12(11)26-19/h5-8,10H,4H2,1-3H3,(H,21,22,23)/t10-/m1/s1. The van der Waals surface area contributed by atoms with E-state index in [4.69, 9.17) is 9.15 Å². The van der Waals surface area contributed by atoms with Crippen LogP contribution in [-0.4, -0.2) is 27.5 Å². The monoisotopic (exact) mass is 415 g/mol. The molecule has 7 nitrogen and oxygen atoms in total. The molecule has 0 saturated heterocycles. The zero-order chi connectivity index (χ0) is 19.8. The van der Waals surface area contributed by atoms with Crippen LogP contribution in [0.1, 0.15) is 40.2 Å². The number of para-hydroxylation sites is 2. The number of esters is 1. The van der Waals surface area contributed by atoms with Gasteiger partial charge in [0.25, 0.3) is 10.8 Å². The molecule has 9 heteroatoms. The molecule has 4 aromatic rings. The van der Waals surface area contributed by atoms with E-state index in [1.807, 2.05) is 31.2 Å². The van der Waals surface area contributed by atoms with E-state index >= 15 is 0 Å². The maximum Gasteiger partial charge on any atom is 0.348 e. The molecule has 3 aromatic heterocycles. The van der Waals surface area contributed by atoms with Gasteiger partial charge in [0.2, 0.25) is 0 Å². The van der Waals surface area contributed by atoms with Crippen molar-refractivity contribution < 1.29 is 13.9 Å². The lowest BCUT2D eigenvalue weighted by Crippen LogP contribution is -2.12. The van der Waals surface area contributed by atoms with Crippen LogP contribution in [0.2, 0.25) is 0 Å². The third-order valence-electron chi connectivity index (χ3n) is 4.22. The van der Waals surface area contributed by atoms with Gasteiger partial charge in [-0.05, 0) is 38.5 Å². The Morgan fingerprint density at radius 2 is 2.14 bits per heavy atom. The van der Waals surface area contributed by atoms with E-state index in [9.17, 15) is 9.59 Å². The number of nitrogens with one attached hydrogen (secondary N) is 1. The molecular formula is C19H17N3O4S2. The van der Waals surface area contributed by atoms with Crippen LogP contribution in [0.3, 0.4) is 0 Å². The summed E-state index contributed by atoms with van der Waals surface area (Å²) in [6, 6.07) is 7.52. The topological polar surface area (TPSA) is 98.1 Å². The average Bonchev–Trinajstić information content (AvgIpc) is 3.22. The van der Waals surface area contributed by atoms with Crippen molar-refractivity contribution in [2.45, 2.75) is 31.2 Å². The molecule has 0 amide bonds. The lowest BCUT2D eigenvalue weighted by Gasteiger charge is -2.07. The first-order valence-electron chi connectivity index (χ1n) is 8.70. The summed E-state index contributed by atoms with van der Waals surface area (Å²) in [5.41, 5.74) is 1.82. The minimum absolute atomic E-state index is 0.196. The lowest BCUT2D eigenvalue weighted by atomic mass is 10.2. The number of aromatic nitrogens is 3. The fourth-order valence-electron chi connectivity index (χ4n) is 2.85. The van der Waals surface area contributed by atoms with Crippen molar-refractivity contribution in [1.29, 1.82) is 0 Å². The molecule has 1 aromatic carbocycles. The first-order valence-corrected chi connectivity index (χ1v) is 10.4. The summed E-state index contributed by atoms with van der Waals surface area (Å²) in [6.07, 6.45) is 0. The van der Waals surface area contributed by atoms with E-state index in [1.54, 1.807) is 13.8 Å². The maximum absolute atomic E-state index is 12.6. The Morgan fingerprint density at radius 3 is 2.89 bits per heavy atom. The number of thioether (sulfide) groups is 1. The molecule has 4 rings (SSSR count). The predicted molar refractivity (Wildman–Crippen MR) is 109 cm³/mol. The quantitative estimate of drug-likeness (QED) is 0.379. The predicted octanol–water partition coefficient (Wildman–Crippen LogP) is 4.46. The van der Waals surface area contributed by atoms with Gasteiger partial charge in [-0.25, -0.2) is 14.8 Å². The maximum atomic E-state index is 12.6. The summed E-state index contributed by atoms with van der Waals surface area (Å²) in [7, 11) is 0. The number of oxazole rings is 1. The summed E-state index contributed by atoms with van der Waals surface area (Å²) >= 11 is 2.54. The van der Waals surface area contributed by atoms with Gasteiger partial charge in [-0.15, -0.1) is 11.3 Å². The second kappa shape index (κ2) is 7.40. The zero-order valence-corrected chi connectivity index (χ0v) is 17.1. The third kappa shape index (κ3) is 3.31. The molecule has 1 atom stereocenters. The van der Waals surface area contributed by atoms with Crippen molar-refractivity contribution >= 4 is 50.4 Å². The second-order valence-electron chi connectivity index (χ2n) is 6.12. The van der Waals surface area contributed by atoms with Crippen molar-refractivity contribution in [2.24, 2.45) is 0 Å². The highest BCUT2D eigenvalue weighted by Crippen LogP contribution is 2.35. The van der Waals surface area contributed by atoms with E-state index in [0.717, 1.165) is 5.52 Å². The molecule has 1 N–H and O–H groups in total. The first-order chi connectivity index (χ1) is 13.5. The summed E-state index contributed by atoms with van der Waals surface area (Å²) < 4.78 is 10.8. The molecule has 0 unspecified atom stereocenters. The van der Waals surface area contributed by atoms with Crippen LogP contribution in [0.5, 0.6) is 0 Å². The van der Waals surface area contributed by atoms with Crippen LogP contribution in [0, 0.1) is 6.92 Å². The number of nitrogens with zero attached hydrogens (tertiary/aromatic N) is 2. The summed E-state index contributed by atoms with van der Waals surface area (Å²) in [4.78, 5) is 37.5. The van der Waals surface area contributed by atoms with Crippen LogP contribution in [0.25, 0.3) is 21.3 Å². The molecule has 0 bridgehead atoms. The molecule has 0 aliphatic rings. The van der Waals surface area contributed by atoms with E-state index in [-0.39, 0.29) is 17.4 Å². The molecule has 144 valence electrons. The number of H-pyrrole nitrogens is 1. The highest BCUT2D eigenvalue weighted by molar-refractivity contribution is 7.99. The number of carbonyl (C=O) groups excluding carboxylic acids is 1. The van der Waals surface area contributed by atoms with E-state index < -0.39 is 5.97 Å². The summed E-state index contributed by atoms with van der Waals surface area (Å²) in [5.74, 6) is 0.0688. The minimum Gasteiger partial charge on any atom is -0.462 e. The van der Waals surface area contributed by atoms with Gasteiger partial charge in [0.05, 0.1) is 17.2 Å². The van der Waals surface area contributed by atoms with E-state index in [1.165, 1.54) is 23.1 Å². The number of rotatable bonds is 5. The Kier molecular flexibility index (Phi) is 4.94. The number of thiophene rings is 1. The number of hydrogen-bond donors (Lipinski definition) is 1. The van der Waals surface area contributed by atoms with E-state index in [2.05, 4.69) is 15.0 Å². The SMILES string of the molecule is CCOC(=O)c1sc2nc([C@@H](C)Sc3nc4ccccc4o3)[nH]c(=O)c2c1C. The van der Waals surface area contributed by atoms with Gasteiger partial charge < -0.3 is 14.1 Å². The van der Waals surface area contributed by atoms with Crippen LogP contribution >= 0.6 is 23.1 Å². The number of fused-ring (bicyclic) bond motifs is 2. The molecule has 0 fully saturated rings. The largest absolute Gasteiger partial charge is 0.462 e. The van der Waals surface area contributed by atoms with Crippen molar-refractivity contribution in [3.05, 3.63) is 50.9 Å². The van der Waals surface area contributed by atoms with Crippen LogP contribution < -0.4 is 5.56 Å². The van der Waals surface area contributed by atoms with Gasteiger partial charge in [-0.2, -0.15) is 0 Å². The Hall–Kier alpha value is -2.65. The Balaban J connectivity index is 1.68. The van der Waals surface area contributed by atoms with Crippen LogP contribution in [-0.2, 0) is 4.74 Å². The Morgan fingerprint density at radius 1 is 1.36 bits per heavy atom. The van der Waals surface area contributed by atoms with Crippen molar-refractivity contribution in [1.82, 2.24) is 15.0 Å². The number of aromatic amines is 1. The second-order valence-corrected chi connectivity index (χ2v) is 8.41. The average molecular weight is 415 g/mol. The number of ether oxygens (including phenoxy) is 1. The molecule has 28 heavy (non-hydrogen) atoms. The highest BCUT2D eigenvalue weighted by atomic mass is 32.2. The first kappa shape index (κ1) is 18.7. The molecule has 0 aliphatic heterocycles. The molecule has 0 aliphatic carbocycles. The lowest BCUT2D eigenvalue weighted by molar-refractivity contribution is 0.0531. The molecule has 0 radical (unpaired) electrons. The number of carbonyl (C=O) groups is 1. The van der Waals surface area contributed by atoms with Gasteiger partial charge in [-0.3, -0.25) is 4.79 Å². The summed E-state index contributed by atoms with van der Waals surface area (Å²) in [5, 5.41) is 0.737. The zero-order valence-electron chi connectivity index (χ0n) is 15.4. The van der Waals surface area contributed by atoms with Crippen molar-refractivity contribution in [3.8, 4) is 0 Å². The van der Waals surface area contributed by atoms with Gasteiger partial charge in [0.15, 0.2) is 5.58 Å². The van der Waals surface area contributed by atoms with Crippen molar-refractivity contribution in [3.63, 3.8) is 0 Å². The molecule has 0 saturated carbocycles. The fourth-order valence-corrected chi connectivity index (χ4v) is 4.75. The van der Waals surface area contributed by atoms with Gasteiger partial charge in [0, 0.05) is 0 Å². The highest BCUT2D eigenvalue weighted by Gasteiger charge is 2.22. The van der Waals surface area contributed by atoms with Gasteiger partial charge >= 0.3 is 5.97 Å². The van der Waals surface area contributed by atoms with Gasteiger partial charge in [-0.1, -0.05) is 23.9 Å². The van der Waals surface area contributed by atoms with Crippen LogP contribution in [0.15, 0.2) is 38.7 Å². The Labute approximate surface area is 168 Å². The Bertz CT molecular complexity index is 1210. The smallest absolute Gasteiger partial charge is 0.348 e. The third-order valence-corrected chi connectivity index (χ3v) is 6.34. The molecule has 0 spiro atoms. The van der Waals surface area contributed by atoms with Crippen molar-refractivity contribution in [2.75, 3.05) is 6.61 Å². The minimum atomic E-state index is -0.433. The molecule has 3 heterocycles. The fraction of sp³-hybridized carbons (Fsp3) is 0.263.